The number of carbonyl (C=O) groups excluding carboxylic acids is 1. The fourth-order valence-electron chi connectivity index (χ4n) is 1.10. The van der Waals surface area contributed by atoms with E-state index in [1.54, 1.807) is 0 Å². The first-order chi connectivity index (χ1) is 6.61. The lowest BCUT2D eigenvalue weighted by Crippen LogP contribution is -2.51. The van der Waals surface area contributed by atoms with E-state index in [4.69, 9.17) is 9.84 Å². The van der Waals surface area contributed by atoms with Gasteiger partial charge in [-0.15, -0.1) is 0 Å². The number of hydrogen-bond donors (Lipinski definition) is 3. The zero-order chi connectivity index (χ0) is 10.6. The van der Waals surface area contributed by atoms with E-state index in [0.29, 0.717) is 13.2 Å². The molecule has 6 heteroatoms. The van der Waals surface area contributed by atoms with Gasteiger partial charge in [-0.05, 0) is 6.92 Å². The number of carboxylic acids is 1. The van der Waals surface area contributed by atoms with E-state index < -0.39 is 18.1 Å². The number of amides is 1. The molecule has 0 spiro atoms. The molecule has 1 rings (SSSR count). The minimum absolute atomic E-state index is 0.382. The molecule has 0 bridgehead atoms. The number of nitrogens with one attached hydrogen (secondary N) is 2. The van der Waals surface area contributed by atoms with E-state index >= 15 is 0 Å². The second-order valence-electron chi connectivity index (χ2n) is 3.13. The van der Waals surface area contributed by atoms with Crippen LogP contribution in [0.15, 0.2) is 0 Å². The average Bonchev–Trinajstić information content (AvgIpc) is 2.19. The molecule has 14 heavy (non-hydrogen) atoms. The fraction of sp³-hybridized carbons (Fsp3) is 0.750. The molecule has 80 valence electrons. The van der Waals surface area contributed by atoms with Crippen molar-refractivity contribution in [3.8, 4) is 0 Å². The number of rotatable bonds is 3. The Morgan fingerprint density at radius 2 is 2.36 bits per heavy atom. The van der Waals surface area contributed by atoms with Crippen molar-refractivity contribution in [2.75, 3.05) is 19.7 Å². The number of aliphatic carboxylic acids is 1. The third-order valence-electron chi connectivity index (χ3n) is 1.95. The lowest BCUT2D eigenvalue weighted by Gasteiger charge is -2.23. The lowest BCUT2D eigenvalue weighted by molar-refractivity contribution is -0.144. The van der Waals surface area contributed by atoms with Gasteiger partial charge >= 0.3 is 5.97 Å². The minimum atomic E-state index is -1.05. The van der Waals surface area contributed by atoms with Crippen LogP contribution in [0, 0.1) is 0 Å². The van der Waals surface area contributed by atoms with Gasteiger partial charge in [0.25, 0.3) is 5.91 Å². The van der Waals surface area contributed by atoms with Crippen molar-refractivity contribution >= 4 is 11.9 Å². The summed E-state index contributed by atoms with van der Waals surface area (Å²) in [5.74, 6) is -1.44. The quantitative estimate of drug-likeness (QED) is 0.522. The number of carbonyl (C=O) groups is 2. The molecule has 0 aliphatic carbocycles. The Morgan fingerprint density at radius 3 is 2.86 bits per heavy atom. The monoisotopic (exact) mass is 202 g/mol. The molecule has 1 heterocycles. The normalized spacial score (nSPS) is 23.9. The van der Waals surface area contributed by atoms with Gasteiger partial charge in [0, 0.05) is 13.1 Å². The standard InChI is InChI=1S/C8H14N2O4/c1-5(8(12)13)10-7(11)6-4-9-2-3-14-6/h5-6,9H,2-4H2,1H3,(H,10,11)(H,12,13)/t5-,6?/m1/s1. The van der Waals surface area contributed by atoms with Crippen LogP contribution in [0.3, 0.4) is 0 Å². The van der Waals surface area contributed by atoms with E-state index in [0.717, 1.165) is 6.54 Å². The minimum Gasteiger partial charge on any atom is -0.480 e. The maximum Gasteiger partial charge on any atom is 0.325 e. The Morgan fingerprint density at radius 1 is 1.64 bits per heavy atom. The largest absolute Gasteiger partial charge is 0.480 e. The van der Waals surface area contributed by atoms with Crippen LogP contribution in [0.5, 0.6) is 0 Å². The Balaban J connectivity index is 2.36. The Bertz CT molecular complexity index is 225. The summed E-state index contributed by atoms with van der Waals surface area (Å²) < 4.78 is 5.15. The van der Waals surface area contributed by atoms with Gasteiger partial charge < -0.3 is 20.5 Å². The van der Waals surface area contributed by atoms with Crippen molar-refractivity contribution in [3.63, 3.8) is 0 Å². The molecule has 1 aliphatic heterocycles. The van der Waals surface area contributed by atoms with Gasteiger partial charge in [-0.25, -0.2) is 0 Å². The van der Waals surface area contributed by atoms with Crippen molar-refractivity contribution in [2.24, 2.45) is 0 Å². The van der Waals surface area contributed by atoms with Crippen LogP contribution in [0.2, 0.25) is 0 Å². The van der Waals surface area contributed by atoms with Crippen LogP contribution in [-0.4, -0.2) is 48.8 Å². The molecule has 0 radical (unpaired) electrons. The Labute approximate surface area is 81.6 Å². The SMILES string of the molecule is C[C@@H](NC(=O)C1CNCCO1)C(=O)O. The highest BCUT2D eigenvalue weighted by atomic mass is 16.5. The highest BCUT2D eigenvalue weighted by molar-refractivity contribution is 5.86. The van der Waals surface area contributed by atoms with Crippen LogP contribution >= 0.6 is 0 Å². The van der Waals surface area contributed by atoms with Gasteiger partial charge in [-0.3, -0.25) is 9.59 Å². The highest BCUT2D eigenvalue weighted by Crippen LogP contribution is 1.96. The third-order valence-corrected chi connectivity index (χ3v) is 1.95. The first-order valence-electron chi connectivity index (χ1n) is 4.46. The summed E-state index contributed by atoms with van der Waals surface area (Å²) in [5, 5.41) is 13.9. The summed E-state index contributed by atoms with van der Waals surface area (Å²) in [6.45, 7) is 3.03. The Kier molecular flexibility index (Phi) is 3.84. The van der Waals surface area contributed by atoms with Crippen LogP contribution in [0.1, 0.15) is 6.92 Å². The second kappa shape index (κ2) is 4.92. The molecule has 6 nitrogen and oxygen atoms in total. The smallest absolute Gasteiger partial charge is 0.325 e. The van der Waals surface area contributed by atoms with Gasteiger partial charge in [-0.2, -0.15) is 0 Å². The molecule has 1 aliphatic rings. The van der Waals surface area contributed by atoms with E-state index in [9.17, 15) is 9.59 Å². The van der Waals surface area contributed by atoms with Crippen LogP contribution < -0.4 is 10.6 Å². The average molecular weight is 202 g/mol. The molecule has 3 N–H and O–H groups in total. The third kappa shape index (κ3) is 2.97. The molecular weight excluding hydrogens is 188 g/mol. The second-order valence-corrected chi connectivity index (χ2v) is 3.13. The molecule has 0 saturated carbocycles. The molecule has 0 aromatic rings. The van der Waals surface area contributed by atoms with E-state index in [1.807, 2.05) is 0 Å². The summed E-state index contributed by atoms with van der Waals surface area (Å²) in [5.41, 5.74) is 0. The summed E-state index contributed by atoms with van der Waals surface area (Å²) in [4.78, 5) is 21.8. The predicted molar refractivity (Wildman–Crippen MR) is 47.9 cm³/mol. The summed E-state index contributed by atoms with van der Waals surface area (Å²) in [6, 6.07) is -0.881. The maximum atomic E-state index is 11.4. The van der Waals surface area contributed by atoms with Crippen LogP contribution in [0.4, 0.5) is 0 Å². The predicted octanol–water partition coefficient (Wildman–Crippen LogP) is -1.44. The zero-order valence-electron chi connectivity index (χ0n) is 7.95. The molecule has 2 atom stereocenters. The van der Waals surface area contributed by atoms with Gasteiger partial charge in [0.1, 0.15) is 12.1 Å². The van der Waals surface area contributed by atoms with Crippen LogP contribution in [0.25, 0.3) is 0 Å². The van der Waals surface area contributed by atoms with Crippen molar-refractivity contribution in [3.05, 3.63) is 0 Å². The van der Waals surface area contributed by atoms with E-state index in [-0.39, 0.29) is 5.91 Å². The fourth-order valence-corrected chi connectivity index (χ4v) is 1.10. The Hall–Kier alpha value is -1.14. The summed E-state index contributed by atoms with van der Waals surface area (Å²) in [6.07, 6.45) is -0.578. The van der Waals surface area contributed by atoms with Gasteiger partial charge in [0.2, 0.25) is 0 Å². The van der Waals surface area contributed by atoms with Crippen molar-refractivity contribution in [1.82, 2.24) is 10.6 Å². The molecular formula is C8H14N2O4. The highest BCUT2D eigenvalue weighted by Gasteiger charge is 2.24. The van der Waals surface area contributed by atoms with Gasteiger partial charge in [0.05, 0.1) is 6.61 Å². The first-order valence-corrected chi connectivity index (χ1v) is 4.46. The van der Waals surface area contributed by atoms with Crippen molar-refractivity contribution in [1.29, 1.82) is 0 Å². The maximum absolute atomic E-state index is 11.4. The number of ether oxygens (including phenoxy) is 1. The molecule has 0 aromatic carbocycles. The molecule has 1 amide bonds. The molecule has 1 unspecified atom stereocenters. The molecule has 1 fully saturated rings. The number of morpholine rings is 1. The topological polar surface area (TPSA) is 87.7 Å². The van der Waals surface area contributed by atoms with E-state index in [2.05, 4.69) is 10.6 Å². The van der Waals surface area contributed by atoms with Crippen molar-refractivity contribution < 1.29 is 19.4 Å². The number of carboxylic acid groups (broad SMARTS) is 1. The van der Waals surface area contributed by atoms with Crippen molar-refractivity contribution in [2.45, 2.75) is 19.1 Å². The molecule has 0 aromatic heterocycles. The lowest BCUT2D eigenvalue weighted by atomic mass is 10.2. The van der Waals surface area contributed by atoms with E-state index in [1.165, 1.54) is 6.92 Å². The van der Waals surface area contributed by atoms with Gasteiger partial charge in [-0.1, -0.05) is 0 Å². The summed E-state index contributed by atoms with van der Waals surface area (Å²) in [7, 11) is 0. The first kappa shape index (κ1) is 10.9. The number of hydrogen-bond acceptors (Lipinski definition) is 4. The summed E-state index contributed by atoms with van der Waals surface area (Å²) >= 11 is 0. The molecule has 1 saturated heterocycles. The zero-order valence-corrected chi connectivity index (χ0v) is 7.95. The van der Waals surface area contributed by atoms with Gasteiger partial charge in [0.15, 0.2) is 0 Å². The van der Waals surface area contributed by atoms with Crippen LogP contribution in [-0.2, 0) is 14.3 Å².